The van der Waals surface area contributed by atoms with Crippen LogP contribution in [0.2, 0.25) is 0 Å². The lowest BCUT2D eigenvalue weighted by molar-refractivity contribution is -0.384. The summed E-state index contributed by atoms with van der Waals surface area (Å²) in [4.78, 5) is 34.9. The number of nitrogens with zero attached hydrogens (tertiary/aromatic N) is 7. The minimum Gasteiger partial charge on any atom is -0.488 e. The minimum absolute atomic E-state index is 0.0143. The number of nitrogens with two attached hydrogens (primary N) is 1. The predicted molar refractivity (Wildman–Crippen MR) is 137 cm³/mol. The van der Waals surface area contributed by atoms with E-state index in [0.717, 1.165) is 0 Å². The van der Waals surface area contributed by atoms with Gasteiger partial charge in [0, 0.05) is 31.9 Å². The van der Waals surface area contributed by atoms with E-state index < -0.39 is 21.8 Å². The van der Waals surface area contributed by atoms with Gasteiger partial charge in [0.05, 0.1) is 17.2 Å². The molecule has 16 heteroatoms. The van der Waals surface area contributed by atoms with Crippen LogP contribution in [-0.2, 0) is 30.0 Å². The average molecular weight is 553 g/mol. The molecule has 1 saturated heterocycles. The fourth-order valence-corrected chi connectivity index (χ4v) is 4.60. The van der Waals surface area contributed by atoms with Crippen LogP contribution in [0.4, 0.5) is 11.4 Å². The average Bonchev–Trinajstić information content (AvgIpc) is 3.60. The van der Waals surface area contributed by atoms with Crippen LogP contribution in [0.5, 0.6) is 11.5 Å². The van der Waals surface area contributed by atoms with Gasteiger partial charge in [0.2, 0.25) is 0 Å². The standard InChI is InChI=1S/C12H10N4O5.C12H14N4O3/c1-14-11(17)15-8-4-7(16(18)19)2-3-9(8)20-5-12(6-21-12)10(15)13-14;1-12(18)6-19-9-4-3-7(13)5-8(9)16-10(12)14-15(2)11(16)17/h2-4H,5-6H2,1H3;3-5,18H,6,13H2,1-2H3. The van der Waals surface area contributed by atoms with Crippen molar-refractivity contribution in [3.63, 3.8) is 0 Å². The summed E-state index contributed by atoms with van der Waals surface area (Å²) in [6.07, 6.45) is 0. The van der Waals surface area contributed by atoms with Gasteiger partial charge in [0.1, 0.15) is 30.4 Å². The van der Waals surface area contributed by atoms with Gasteiger partial charge >= 0.3 is 11.4 Å². The molecule has 0 radical (unpaired) electrons. The van der Waals surface area contributed by atoms with Crippen molar-refractivity contribution in [1.82, 2.24) is 28.7 Å². The fraction of sp³-hybridized carbons (Fsp3) is 0.333. The third-order valence-electron chi connectivity index (χ3n) is 6.82. The van der Waals surface area contributed by atoms with Crippen molar-refractivity contribution in [2.24, 2.45) is 14.1 Å². The van der Waals surface area contributed by atoms with Gasteiger partial charge in [-0.15, -0.1) is 0 Å². The Morgan fingerprint density at radius 2 is 1.48 bits per heavy atom. The summed E-state index contributed by atoms with van der Waals surface area (Å²) in [6, 6.07) is 9.12. The Kier molecular flexibility index (Phi) is 5.39. The van der Waals surface area contributed by atoms with E-state index >= 15 is 0 Å². The molecule has 0 bridgehead atoms. The Hall–Kier alpha value is -4.96. The molecule has 3 aliphatic rings. The highest BCUT2D eigenvalue weighted by molar-refractivity contribution is 5.57. The van der Waals surface area contributed by atoms with Crippen LogP contribution in [0.3, 0.4) is 0 Å². The number of nitro groups is 1. The lowest BCUT2D eigenvalue weighted by Crippen LogP contribution is -2.32. The zero-order chi connectivity index (χ0) is 28.6. The fourth-order valence-electron chi connectivity index (χ4n) is 4.60. The Morgan fingerprint density at radius 1 is 0.925 bits per heavy atom. The van der Waals surface area contributed by atoms with Gasteiger partial charge in [-0.05, 0) is 31.2 Å². The molecule has 7 rings (SSSR count). The molecule has 16 nitrogen and oxygen atoms in total. The SMILES string of the molecule is Cn1nc2n(c1=O)-c1cc(N)ccc1OCC2(C)O.Cn1nc2n(c1=O)-c1cc([N+](=O)[O-])ccc1OCC21CO1. The Morgan fingerprint density at radius 3 is 2.10 bits per heavy atom. The first-order chi connectivity index (χ1) is 18.9. The van der Waals surface area contributed by atoms with E-state index in [1.807, 2.05) is 0 Å². The van der Waals surface area contributed by atoms with Gasteiger partial charge in [-0.2, -0.15) is 10.2 Å². The molecule has 208 valence electrons. The molecular formula is C24H24N8O8. The number of rotatable bonds is 1. The molecule has 0 saturated carbocycles. The molecule has 2 aromatic carbocycles. The van der Waals surface area contributed by atoms with Crippen molar-refractivity contribution in [1.29, 1.82) is 0 Å². The number of nitrogen functional groups attached to an aromatic ring is 1. The Bertz CT molecular complexity index is 1810. The molecule has 2 aromatic heterocycles. The lowest BCUT2D eigenvalue weighted by Gasteiger charge is -2.18. The summed E-state index contributed by atoms with van der Waals surface area (Å²) < 4.78 is 21.6. The number of nitro benzene ring substituents is 1. The van der Waals surface area contributed by atoms with Gasteiger partial charge in [0.25, 0.3) is 5.69 Å². The molecular weight excluding hydrogens is 528 g/mol. The van der Waals surface area contributed by atoms with E-state index in [9.17, 15) is 24.8 Å². The van der Waals surface area contributed by atoms with Crippen molar-refractivity contribution in [2.75, 3.05) is 25.6 Å². The number of hydrogen-bond donors (Lipinski definition) is 2. The van der Waals surface area contributed by atoms with Crippen LogP contribution in [0.1, 0.15) is 18.6 Å². The topological polar surface area (TPSA) is 200 Å². The number of benzene rings is 2. The summed E-state index contributed by atoms with van der Waals surface area (Å²) in [7, 11) is 3.06. The van der Waals surface area contributed by atoms with E-state index in [0.29, 0.717) is 41.0 Å². The summed E-state index contributed by atoms with van der Waals surface area (Å²) in [6.45, 7) is 2.19. The smallest absolute Gasteiger partial charge is 0.350 e. The van der Waals surface area contributed by atoms with Gasteiger partial charge in [0.15, 0.2) is 22.9 Å². The summed E-state index contributed by atoms with van der Waals surface area (Å²) >= 11 is 0. The third-order valence-corrected chi connectivity index (χ3v) is 6.82. The molecule has 5 heterocycles. The van der Waals surface area contributed by atoms with E-state index in [4.69, 9.17) is 19.9 Å². The number of aliphatic hydroxyl groups is 1. The zero-order valence-electron chi connectivity index (χ0n) is 21.6. The number of fused-ring (bicyclic) bond motifs is 7. The third kappa shape index (κ3) is 3.84. The van der Waals surface area contributed by atoms with Crippen LogP contribution in [0.15, 0.2) is 46.0 Å². The second-order valence-electron chi connectivity index (χ2n) is 9.90. The zero-order valence-corrected chi connectivity index (χ0v) is 21.6. The molecule has 3 aliphatic heterocycles. The van der Waals surface area contributed by atoms with Gasteiger partial charge < -0.3 is 25.1 Å². The summed E-state index contributed by atoms with van der Waals surface area (Å²) in [5.41, 5.74) is 4.10. The lowest BCUT2D eigenvalue weighted by atomic mass is 10.1. The van der Waals surface area contributed by atoms with E-state index in [1.165, 1.54) is 50.8 Å². The maximum Gasteiger partial charge on any atom is 0.350 e. The first-order valence-electron chi connectivity index (χ1n) is 12.1. The highest BCUT2D eigenvalue weighted by Gasteiger charge is 2.54. The summed E-state index contributed by atoms with van der Waals surface area (Å²) in [5, 5.41) is 29.6. The minimum atomic E-state index is -1.35. The number of aromatic nitrogens is 6. The number of aryl methyl sites for hydroxylation is 2. The summed E-state index contributed by atoms with van der Waals surface area (Å²) in [5.74, 6) is 1.53. The maximum atomic E-state index is 12.3. The molecule has 1 spiro atoms. The molecule has 4 aromatic rings. The Labute approximate surface area is 224 Å². The van der Waals surface area contributed by atoms with E-state index in [1.54, 1.807) is 25.1 Å². The molecule has 2 atom stereocenters. The number of epoxide rings is 1. The van der Waals surface area contributed by atoms with Crippen LogP contribution >= 0.6 is 0 Å². The number of anilines is 1. The molecule has 0 aliphatic carbocycles. The molecule has 1 fully saturated rings. The highest BCUT2D eigenvalue weighted by Crippen LogP contribution is 2.42. The van der Waals surface area contributed by atoms with Crippen molar-refractivity contribution < 1.29 is 24.2 Å². The van der Waals surface area contributed by atoms with Crippen LogP contribution in [-0.4, -0.2) is 58.5 Å². The second-order valence-corrected chi connectivity index (χ2v) is 9.90. The van der Waals surface area contributed by atoms with Crippen LogP contribution in [0.25, 0.3) is 11.4 Å². The second kappa shape index (κ2) is 8.52. The monoisotopic (exact) mass is 552 g/mol. The van der Waals surface area contributed by atoms with E-state index in [-0.39, 0.29) is 30.4 Å². The van der Waals surface area contributed by atoms with Gasteiger partial charge in [-0.3, -0.25) is 10.1 Å². The molecule has 0 amide bonds. The molecule has 40 heavy (non-hydrogen) atoms. The number of non-ortho nitro benzene ring substituents is 1. The number of ether oxygens (including phenoxy) is 3. The van der Waals surface area contributed by atoms with Crippen molar-refractivity contribution in [2.45, 2.75) is 18.1 Å². The van der Waals surface area contributed by atoms with Gasteiger partial charge in [-0.25, -0.2) is 28.1 Å². The largest absolute Gasteiger partial charge is 0.488 e. The van der Waals surface area contributed by atoms with Crippen molar-refractivity contribution in [3.05, 3.63) is 79.1 Å². The van der Waals surface area contributed by atoms with Gasteiger partial charge in [-0.1, -0.05) is 0 Å². The Balaban J connectivity index is 0.000000145. The molecule has 3 N–H and O–H groups in total. The first kappa shape index (κ1) is 25.3. The normalized spacial score (nSPS) is 21.7. The van der Waals surface area contributed by atoms with Crippen molar-refractivity contribution >= 4 is 11.4 Å². The van der Waals surface area contributed by atoms with Crippen LogP contribution < -0.4 is 26.6 Å². The quantitative estimate of drug-likeness (QED) is 0.138. The maximum absolute atomic E-state index is 12.3. The first-order valence-corrected chi connectivity index (χ1v) is 12.1. The van der Waals surface area contributed by atoms with Crippen molar-refractivity contribution in [3.8, 4) is 22.9 Å². The van der Waals surface area contributed by atoms with Crippen LogP contribution in [0, 0.1) is 10.1 Å². The predicted octanol–water partition coefficient (Wildman–Crippen LogP) is -0.150. The highest BCUT2D eigenvalue weighted by atomic mass is 16.6. The number of hydrogen-bond acceptors (Lipinski definition) is 11. The molecule has 2 unspecified atom stereocenters. The van der Waals surface area contributed by atoms with E-state index in [2.05, 4.69) is 10.2 Å².